The first-order valence-electron chi connectivity index (χ1n) is 30.0. The molecule has 8 N–H and O–H groups in total. The lowest BCUT2D eigenvalue weighted by Crippen LogP contribution is -2.25. The third kappa shape index (κ3) is 12.6. The van der Waals surface area contributed by atoms with Gasteiger partial charge in [-0.3, -0.25) is 9.59 Å². The monoisotopic (exact) mass is 1230 g/mol. The Morgan fingerprint density at radius 2 is 1.12 bits per heavy atom. The molecule has 11 aromatic rings. The zero-order valence-electron chi connectivity index (χ0n) is 49.6. The molecular weight excluding hydrogens is 1160 g/mol. The van der Waals surface area contributed by atoms with Crippen molar-refractivity contribution in [1.82, 2.24) is 30.2 Å². The minimum Gasteiger partial charge on any atom is -0.380 e. The topological polar surface area (TPSA) is 173 Å². The Morgan fingerprint density at radius 1 is 0.571 bits per heavy atom. The lowest BCUT2D eigenvalue weighted by molar-refractivity contribution is -0.142. The van der Waals surface area contributed by atoms with Crippen LogP contribution < -0.4 is 37.6 Å². The second-order valence-corrected chi connectivity index (χ2v) is 23.5. The van der Waals surface area contributed by atoms with E-state index in [9.17, 15) is 35.9 Å². The molecule has 2 fully saturated rings. The van der Waals surface area contributed by atoms with Crippen LogP contribution in [0.5, 0.6) is 0 Å². The highest BCUT2D eigenvalue weighted by Crippen LogP contribution is 2.41. The van der Waals surface area contributed by atoms with E-state index in [1.165, 1.54) is 5.57 Å². The Hall–Kier alpha value is -10.1. The first kappa shape index (κ1) is 59.9. The van der Waals surface area contributed by atoms with Crippen LogP contribution in [0, 0.1) is 5.92 Å². The summed E-state index contributed by atoms with van der Waals surface area (Å²) in [6.07, 6.45) is -3.53. The van der Waals surface area contributed by atoms with Crippen LogP contribution in [0.15, 0.2) is 206 Å². The van der Waals surface area contributed by atoms with Gasteiger partial charge in [0.1, 0.15) is 11.4 Å². The molecular formula is C72H63F6N11O2. The molecule has 2 saturated carbocycles. The van der Waals surface area contributed by atoms with Crippen molar-refractivity contribution in [3.63, 3.8) is 0 Å². The van der Waals surface area contributed by atoms with Crippen molar-refractivity contribution in [2.24, 2.45) is 17.4 Å². The first-order valence-corrected chi connectivity index (χ1v) is 30.0. The Kier molecular flexibility index (Phi) is 16.0. The van der Waals surface area contributed by atoms with E-state index < -0.39 is 47.6 Å². The van der Waals surface area contributed by atoms with E-state index >= 15 is 0 Å². The number of hydrogen-bond acceptors (Lipinski definition) is 9. The smallest absolute Gasteiger partial charge is 0.380 e. The van der Waals surface area contributed by atoms with Gasteiger partial charge in [-0.25, -0.2) is 9.36 Å². The van der Waals surface area contributed by atoms with Crippen LogP contribution in [0.25, 0.3) is 43.7 Å². The largest absolute Gasteiger partial charge is 0.435 e. The number of halogens is 6. The molecule has 0 bridgehead atoms. The van der Waals surface area contributed by atoms with E-state index in [0.29, 0.717) is 34.0 Å². The Balaban J connectivity index is 0.790. The third-order valence-electron chi connectivity index (χ3n) is 16.9. The number of nitrogens with one attached hydrogen (secondary N) is 4. The van der Waals surface area contributed by atoms with E-state index in [1.54, 1.807) is 72.8 Å². The van der Waals surface area contributed by atoms with Crippen molar-refractivity contribution >= 4 is 61.2 Å². The van der Waals surface area contributed by atoms with E-state index in [1.807, 2.05) is 99.2 Å². The zero-order valence-corrected chi connectivity index (χ0v) is 49.6. The van der Waals surface area contributed by atoms with Crippen LogP contribution in [0.4, 0.5) is 43.4 Å². The fourth-order valence-electron chi connectivity index (χ4n) is 11.9. The van der Waals surface area contributed by atoms with Gasteiger partial charge in [0, 0.05) is 55.2 Å². The summed E-state index contributed by atoms with van der Waals surface area (Å²) >= 11 is 0. The maximum absolute atomic E-state index is 14.6. The van der Waals surface area contributed by atoms with Gasteiger partial charge in [0.15, 0.2) is 11.4 Å². The van der Waals surface area contributed by atoms with Crippen molar-refractivity contribution in [2.45, 2.75) is 62.7 Å². The van der Waals surface area contributed by atoms with Gasteiger partial charge < -0.3 is 37.6 Å². The maximum atomic E-state index is 14.6. The number of carbonyl (C=O) groups excluding carboxylic acids is 2. The molecule has 2 heterocycles. The minimum atomic E-state index is -4.87. The number of allylic oxidation sites excluding steroid dienone is 1. The lowest BCUT2D eigenvalue weighted by Gasteiger charge is -2.24. The summed E-state index contributed by atoms with van der Waals surface area (Å²) in [5.74, 6) is -1.04. The number of anilines is 3. The van der Waals surface area contributed by atoms with E-state index in [0.717, 1.165) is 114 Å². The van der Waals surface area contributed by atoms with Gasteiger partial charge in [0.25, 0.3) is 11.8 Å². The second kappa shape index (κ2) is 24.4. The van der Waals surface area contributed by atoms with Crippen LogP contribution in [-0.4, -0.2) is 52.0 Å². The molecule has 91 heavy (non-hydrogen) atoms. The SMILES string of the molecule is CN(C)c1ccc(C(NCC2CC2)c2cccc(NC(=O)c3cc(C(F)(F)F)nn3-c3cccc(C(N)c4ccc5cc(C(NC=C6CC6)c6cccc(NC(=O)c7cc(C(F)(F)F)nn7-c7cccc(CN)c7)c6)c6ccccc6c5c4)c3)c2)c2ccccc12. The highest BCUT2D eigenvalue weighted by atomic mass is 19.4. The highest BCUT2D eigenvalue weighted by Gasteiger charge is 2.38. The summed E-state index contributed by atoms with van der Waals surface area (Å²) < 4.78 is 88.2. The van der Waals surface area contributed by atoms with Gasteiger partial charge in [0.2, 0.25) is 0 Å². The van der Waals surface area contributed by atoms with Crippen LogP contribution in [0.2, 0.25) is 0 Å². The number of nitrogens with two attached hydrogens (primary N) is 2. The van der Waals surface area contributed by atoms with Gasteiger partial charge in [-0.15, -0.1) is 0 Å². The number of aromatic nitrogens is 4. The normalized spacial score (nSPS) is 14.3. The molecule has 19 heteroatoms. The quantitative estimate of drug-likeness (QED) is 0.0340. The molecule has 2 aromatic heterocycles. The number of alkyl halides is 6. The summed E-state index contributed by atoms with van der Waals surface area (Å²) in [4.78, 5) is 30.6. The Labute approximate surface area is 520 Å². The van der Waals surface area contributed by atoms with Crippen LogP contribution in [-0.2, 0) is 18.9 Å². The molecule has 0 spiro atoms. The number of rotatable bonds is 19. The van der Waals surface area contributed by atoms with Gasteiger partial charge in [-0.2, -0.15) is 36.5 Å². The van der Waals surface area contributed by atoms with Crippen molar-refractivity contribution in [2.75, 3.05) is 36.2 Å². The van der Waals surface area contributed by atoms with Crippen LogP contribution in [0.1, 0.15) is 115 Å². The molecule has 0 aliphatic heterocycles. The van der Waals surface area contributed by atoms with Gasteiger partial charge in [-0.05, 0) is 177 Å². The number of benzene rings is 9. The van der Waals surface area contributed by atoms with Crippen LogP contribution in [0.3, 0.4) is 0 Å². The minimum absolute atomic E-state index is 0.129. The number of amides is 2. The van der Waals surface area contributed by atoms with Gasteiger partial charge in [0.05, 0.1) is 29.5 Å². The van der Waals surface area contributed by atoms with Crippen molar-refractivity contribution in [1.29, 1.82) is 0 Å². The molecule has 13 rings (SSSR count). The molecule has 13 nitrogen and oxygen atoms in total. The van der Waals surface area contributed by atoms with Gasteiger partial charge >= 0.3 is 12.4 Å². The molecule has 2 aliphatic carbocycles. The van der Waals surface area contributed by atoms with Crippen molar-refractivity contribution in [3.05, 3.63) is 268 Å². The fraction of sp³-hybridized carbons (Fsp3) is 0.194. The standard InChI is InChI=1S/C72H63F6N11O2/c1-87(2)61-30-29-58(56-21-5-6-22-57(56)61)67(81-40-42-23-24-42)48-13-8-15-50(32-48)83-70(91)63-38-65(72(76,77)78)86-89(63)53-18-10-12-46(34-53)66(80)47-28-27-45-35-60(55-20-4-3-19-54(55)59(45)36-47)68(82-41-43-25-26-43)49-14-9-16-51(33-49)84-69(90)62-37-64(71(73,74)75)85-88(62)52-17-7-11-44(31-52)39-79/h3-22,27-38,41-42,66-68,81-82H,23-26,39-40,79-80H2,1-2H3,(H,83,91)(H,84,90). The van der Waals surface area contributed by atoms with Crippen LogP contribution >= 0.6 is 0 Å². The number of nitrogens with zero attached hydrogens (tertiary/aromatic N) is 5. The van der Waals surface area contributed by atoms with E-state index in [2.05, 4.69) is 66.7 Å². The molecule has 2 amide bonds. The average Bonchev–Trinajstić information content (AvgIpc) is 1.83. The summed E-state index contributed by atoms with van der Waals surface area (Å²) in [6.45, 7) is 0.924. The molecule has 0 saturated heterocycles. The molecule has 2 aliphatic rings. The highest BCUT2D eigenvalue weighted by molar-refractivity contribution is 6.10. The van der Waals surface area contributed by atoms with E-state index in [-0.39, 0.29) is 35.3 Å². The fourth-order valence-corrected chi connectivity index (χ4v) is 11.9. The summed E-state index contributed by atoms with van der Waals surface area (Å²) in [5.41, 5.74) is 18.8. The second-order valence-electron chi connectivity index (χ2n) is 23.5. The molecule has 3 atom stereocenters. The van der Waals surface area contributed by atoms with Crippen molar-refractivity contribution < 1.29 is 35.9 Å². The number of fused-ring (bicyclic) bond motifs is 4. The molecule has 3 unspecified atom stereocenters. The Morgan fingerprint density at radius 3 is 1.71 bits per heavy atom. The Bertz CT molecular complexity index is 4630. The molecule has 0 radical (unpaired) electrons. The summed E-state index contributed by atoms with van der Waals surface area (Å²) in [6, 6.07) is 56.0. The molecule has 460 valence electrons. The molecule has 9 aromatic carbocycles. The number of carbonyl (C=O) groups is 2. The zero-order chi connectivity index (χ0) is 63.3. The average molecular weight is 1230 g/mol. The van der Waals surface area contributed by atoms with E-state index in [4.69, 9.17) is 11.5 Å². The van der Waals surface area contributed by atoms with Crippen molar-refractivity contribution in [3.8, 4) is 11.4 Å². The lowest BCUT2D eigenvalue weighted by atomic mass is 9.88. The van der Waals surface area contributed by atoms with Gasteiger partial charge in [-0.1, -0.05) is 121 Å². The summed E-state index contributed by atoms with van der Waals surface area (Å²) in [7, 11) is 4.02. The first-order chi connectivity index (χ1) is 43.8. The summed E-state index contributed by atoms with van der Waals surface area (Å²) in [5, 5.41) is 26.6. The predicted octanol–water partition coefficient (Wildman–Crippen LogP) is 15.1. The number of hydrogen-bond donors (Lipinski definition) is 6. The predicted molar refractivity (Wildman–Crippen MR) is 344 cm³/mol. The third-order valence-corrected chi connectivity index (χ3v) is 16.9. The maximum Gasteiger partial charge on any atom is 0.435 e.